The molecule has 0 N–H and O–H groups in total. The van der Waals surface area contributed by atoms with E-state index in [9.17, 15) is 14.4 Å². The second-order valence-electron chi connectivity index (χ2n) is 7.13. The maximum Gasteiger partial charge on any atom is 0.326 e. The van der Waals surface area contributed by atoms with Crippen LogP contribution in [0.4, 0.5) is 4.79 Å². The van der Waals surface area contributed by atoms with Crippen LogP contribution in [-0.4, -0.2) is 41.8 Å². The van der Waals surface area contributed by atoms with E-state index < -0.39 is 23.7 Å². The third-order valence-electron chi connectivity index (χ3n) is 4.32. The number of hydrogen-bond donors (Lipinski definition) is 0. The third kappa shape index (κ3) is 6.14. The summed E-state index contributed by atoms with van der Waals surface area (Å²) < 4.78 is 17.3. The van der Waals surface area contributed by atoms with Crippen molar-refractivity contribution in [3.05, 3.63) is 63.0 Å². The van der Waals surface area contributed by atoms with Crippen LogP contribution >= 0.6 is 27.7 Å². The van der Waals surface area contributed by atoms with Crippen molar-refractivity contribution in [3.8, 4) is 11.5 Å². The van der Waals surface area contributed by atoms with Crippen LogP contribution in [0.2, 0.25) is 0 Å². The molecule has 1 saturated heterocycles. The monoisotopic (exact) mass is 519 g/mol. The smallest absolute Gasteiger partial charge is 0.326 e. The summed E-state index contributed by atoms with van der Waals surface area (Å²) in [6.45, 7) is 3.36. The predicted octanol–water partition coefficient (Wildman–Crippen LogP) is 5.02. The van der Waals surface area contributed by atoms with E-state index in [0.29, 0.717) is 23.7 Å². The Balaban J connectivity index is 1.71. The minimum absolute atomic E-state index is 0.220. The summed E-state index contributed by atoms with van der Waals surface area (Å²) in [5.41, 5.74) is 1.66. The van der Waals surface area contributed by atoms with Crippen LogP contribution in [-0.2, 0) is 20.9 Å². The highest BCUT2D eigenvalue weighted by Gasteiger charge is 2.36. The summed E-state index contributed by atoms with van der Waals surface area (Å²) in [5, 5.41) is -0.511. The van der Waals surface area contributed by atoms with Crippen LogP contribution in [0.1, 0.15) is 25.0 Å². The maximum atomic E-state index is 12.6. The van der Waals surface area contributed by atoms with Crippen molar-refractivity contribution < 1.29 is 28.6 Å². The average molecular weight is 520 g/mol. The molecule has 168 valence electrons. The van der Waals surface area contributed by atoms with Gasteiger partial charge in [0.25, 0.3) is 11.1 Å². The molecule has 0 atom stereocenters. The Morgan fingerprint density at radius 3 is 2.50 bits per heavy atom. The number of hydrogen-bond acceptors (Lipinski definition) is 7. The van der Waals surface area contributed by atoms with E-state index >= 15 is 0 Å². The SMILES string of the molecule is COc1cc(/C=C2\SC(=O)N(CC(=O)OC(C)C)C2=O)ccc1OCc1ccc(Br)cc1. The molecule has 2 aromatic rings. The molecule has 3 rings (SSSR count). The fourth-order valence-electron chi connectivity index (χ4n) is 2.85. The molecule has 0 saturated carbocycles. The molecule has 2 aromatic carbocycles. The molecule has 1 heterocycles. The Morgan fingerprint density at radius 2 is 1.84 bits per heavy atom. The van der Waals surface area contributed by atoms with Crippen LogP contribution in [0.15, 0.2) is 51.8 Å². The molecule has 7 nitrogen and oxygen atoms in total. The Labute approximate surface area is 198 Å². The maximum absolute atomic E-state index is 12.6. The molecule has 0 aromatic heterocycles. The van der Waals surface area contributed by atoms with Gasteiger partial charge in [0.2, 0.25) is 0 Å². The lowest BCUT2D eigenvalue weighted by Crippen LogP contribution is -2.35. The number of benzene rings is 2. The van der Waals surface area contributed by atoms with Gasteiger partial charge >= 0.3 is 5.97 Å². The minimum atomic E-state index is -0.627. The van der Waals surface area contributed by atoms with Crippen molar-refractivity contribution in [2.45, 2.75) is 26.6 Å². The number of carbonyl (C=O) groups is 3. The molecule has 1 fully saturated rings. The zero-order chi connectivity index (χ0) is 23.3. The molecule has 1 aliphatic rings. The summed E-state index contributed by atoms with van der Waals surface area (Å²) in [4.78, 5) is 37.7. The molecule has 1 aliphatic heterocycles. The first kappa shape index (κ1) is 23.9. The van der Waals surface area contributed by atoms with Crippen molar-refractivity contribution in [2.24, 2.45) is 0 Å². The quantitative estimate of drug-likeness (QED) is 0.357. The molecule has 2 amide bonds. The summed E-state index contributed by atoms with van der Waals surface area (Å²) >= 11 is 4.18. The van der Waals surface area contributed by atoms with E-state index in [4.69, 9.17) is 14.2 Å². The lowest BCUT2D eigenvalue weighted by atomic mass is 10.1. The Kier molecular flexibility index (Phi) is 7.98. The van der Waals surface area contributed by atoms with Gasteiger partial charge in [-0.3, -0.25) is 19.3 Å². The van der Waals surface area contributed by atoms with Gasteiger partial charge in [-0.2, -0.15) is 0 Å². The minimum Gasteiger partial charge on any atom is -0.493 e. The van der Waals surface area contributed by atoms with Gasteiger partial charge in [-0.05, 0) is 67.1 Å². The van der Waals surface area contributed by atoms with Crippen molar-refractivity contribution >= 4 is 50.9 Å². The van der Waals surface area contributed by atoms with E-state index in [1.807, 2.05) is 24.3 Å². The van der Waals surface area contributed by atoms with Crippen LogP contribution in [0.25, 0.3) is 6.08 Å². The summed E-state index contributed by atoms with van der Waals surface area (Å²) in [7, 11) is 1.53. The summed E-state index contributed by atoms with van der Waals surface area (Å²) in [6.07, 6.45) is 1.26. The number of rotatable bonds is 8. The van der Waals surface area contributed by atoms with Crippen molar-refractivity contribution in [3.63, 3.8) is 0 Å². The van der Waals surface area contributed by atoms with Crippen LogP contribution < -0.4 is 9.47 Å². The van der Waals surface area contributed by atoms with Crippen LogP contribution in [0, 0.1) is 0 Å². The number of methoxy groups -OCH3 is 1. The van der Waals surface area contributed by atoms with E-state index in [1.165, 1.54) is 7.11 Å². The number of ether oxygens (including phenoxy) is 3. The van der Waals surface area contributed by atoms with Gasteiger partial charge in [-0.15, -0.1) is 0 Å². The first-order chi connectivity index (χ1) is 15.3. The summed E-state index contributed by atoms with van der Waals surface area (Å²) in [5.74, 6) is -0.111. The van der Waals surface area contributed by atoms with Crippen molar-refractivity contribution in [2.75, 3.05) is 13.7 Å². The standard InChI is InChI=1S/C23H22BrNO6S/c1-14(2)31-21(26)12-25-22(27)20(32-23(25)28)11-16-6-9-18(19(10-16)29-3)30-13-15-4-7-17(24)8-5-15/h4-11,14H,12-13H2,1-3H3/b20-11-. The van der Waals surface area contributed by atoms with Gasteiger partial charge in [0, 0.05) is 4.47 Å². The van der Waals surface area contributed by atoms with Gasteiger partial charge < -0.3 is 14.2 Å². The van der Waals surface area contributed by atoms with E-state index in [0.717, 1.165) is 26.7 Å². The highest BCUT2D eigenvalue weighted by Crippen LogP contribution is 2.34. The zero-order valence-electron chi connectivity index (χ0n) is 17.8. The Hall–Kier alpha value is -2.78. The number of halogens is 1. The molecular weight excluding hydrogens is 498 g/mol. The number of nitrogens with zero attached hydrogens (tertiary/aromatic N) is 1. The number of thioether (sulfide) groups is 1. The topological polar surface area (TPSA) is 82.1 Å². The lowest BCUT2D eigenvalue weighted by Gasteiger charge is -2.13. The number of imide groups is 1. The second kappa shape index (κ2) is 10.7. The zero-order valence-corrected chi connectivity index (χ0v) is 20.2. The van der Waals surface area contributed by atoms with E-state index in [2.05, 4.69) is 15.9 Å². The van der Waals surface area contributed by atoms with Crippen molar-refractivity contribution in [1.29, 1.82) is 0 Å². The fraction of sp³-hybridized carbons (Fsp3) is 0.261. The first-order valence-corrected chi connectivity index (χ1v) is 11.4. The Morgan fingerprint density at radius 1 is 1.12 bits per heavy atom. The third-order valence-corrected chi connectivity index (χ3v) is 5.76. The van der Waals surface area contributed by atoms with Gasteiger partial charge in [0.1, 0.15) is 13.2 Å². The van der Waals surface area contributed by atoms with E-state index in [-0.39, 0.29) is 11.0 Å². The second-order valence-corrected chi connectivity index (χ2v) is 9.04. The lowest BCUT2D eigenvalue weighted by molar-refractivity contribution is -0.149. The largest absolute Gasteiger partial charge is 0.493 e. The number of amides is 2. The van der Waals surface area contributed by atoms with Gasteiger partial charge in [0.05, 0.1) is 18.1 Å². The highest BCUT2D eigenvalue weighted by atomic mass is 79.9. The molecule has 0 radical (unpaired) electrons. The highest BCUT2D eigenvalue weighted by molar-refractivity contribution is 9.10. The summed E-state index contributed by atoms with van der Waals surface area (Å²) in [6, 6.07) is 13.0. The molecule has 0 bridgehead atoms. The molecule has 0 spiro atoms. The Bertz CT molecular complexity index is 1050. The number of esters is 1. The molecule has 0 unspecified atom stereocenters. The molecule has 32 heavy (non-hydrogen) atoms. The van der Waals surface area contributed by atoms with Crippen LogP contribution in [0.5, 0.6) is 11.5 Å². The van der Waals surface area contributed by atoms with E-state index in [1.54, 1.807) is 38.1 Å². The number of carbonyl (C=O) groups excluding carboxylic acids is 3. The molecule has 0 aliphatic carbocycles. The van der Waals surface area contributed by atoms with Crippen molar-refractivity contribution in [1.82, 2.24) is 4.90 Å². The predicted molar refractivity (Wildman–Crippen MR) is 125 cm³/mol. The van der Waals surface area contributed by atoms with Crippen LogP contribution in [0.3, 0.4) is 0 Å². The van der Waals surface area contributed by atoms with Gasteiger partial charge in [-0.1, -0.05) is 34.1 Å². The van der Waals surface area contributed by atoms with Gasteiger partial charge in [0.15, 0.2) is 11.5 Å². The first-order valence-electron chi connectivity index (χ1n) is 9.77. The molecule has 9 heteroatoms. The van der Waals surface area contributed by atoms with Gasteiger partial charge in [-0.25, -0.2) is 0 Å². The average Bonchev–Trinajstić information content (AvgIpc) is 3.00. The normalized spacial score (nSPS) is 14.9. The fourth-order valence-corrected chi connectivity index (χ4v) is 3.95. The molecular formula is C23H22BrNO6S.